The molecule has 0 radical (unpaired) electrons. The Labute approximate surface area is 89.0 Å². The van der Waals surface area contributed by atoms with Crippen LogP contribution in [0.1, 0.15) is 19.3 Å². The lowest BCUT2D eigenvalue weighted by Crippen LogP contribution is -2.56. The van der Waals surface area contributed by atoms with Crippen LogP contribution in [0.25, 0.3) is 0 Å². The van der Waals surface area contributed by atoms with Gasteiger partial charge >= 0.3 is 0 Å². The summed E-state index contributed by atoms with van der Waals surface area (Å²) in [7, 11) is 0. The van der Waals surface area contributed by atoms with Gasteiger partial charge < -0.3 is 16.0 Å². The summed E-state index contributed by atoms with van der Waals surface area (Å²) >= 11 is 0. The third-order valence-electron chi connectivity index (χ3n) is 3.07. The molecule has 2 amide bonds. The van der Waals surface area contributed by atoms with Crippen LogP contribution in [0, 0.1) is 5.92 Å². The Bertz CT molecular complexity index is 276. The summed E-state index contributed by atoms with van der Waals surface area (Å²) in [6, 6.07) is 0.202. The topological polar surface area (TPSA) is 75.4 Å². The first-order chi connectivity index (χ1) is 7.22. The number of rotatable bonds is 4. The number of hydrogen-bond donors (Lipinski definition) is 2. The van der Waals surface area contributed by atoms with Crippen molar-refractivity contribution in [1.29, 1.82) is 0 Å². The van der Waals surface area contributed by atoms with Crippen molar-refractivity contribution in [1.82, 2.24) is 10.2 Å². The number of carbonyl (C=O) groups is 2. The Morgan fingerprint density at radius 2 is 2.07 bits per heavy atom. The normalized spacial score (nSPS) is 24.6. The second kappa shape index (κ2) is 4.18. The zero-order valence-corrected chi connectivity index (χ0v) is 8.74. The zero-order chi connectivity index (χ0) is 10.8. The molecule has 1 atom stereocenters. The lowest BCUT2D eigenvalue weighted by Gasteiger charge is -2.41. The quantitative estimate of drug-likeness (QED) is 0.631. The Hall–Kier alpha value is -1.10. The van der Waals surface area contributed by atoms with Gasteiger partial charge in [0.1, 0.15) is 0 Å². The van der Waals surface area contributed by atoms with E-state index in [1.54, 1.807) is 0 Å². The molecule has 15 heavy (non-hydrogen) atoms. The predicted octanol–water partition coefficient (Wildman–Crippen LogP) is -0.928. The number of nitrogens with two attached hydrogens (primary N) is 1. The van der Waals surface area contributed by atoms with Crippen LogP contribution >= 0.6 is 0 Å². The molecule has 84 valence electrons. The third kappa shape index (κ3) is 2.28. The van der Waals surface area contributed by atoms with Gasteiger partial charge in [0.05, 0.1) is 12.6 Å². The summed E-state index contributed by atoms with van der Waals surface area (Å²) < 4.78 is 0. The SMILES string of the molecule is NCC(=O)NCC1CCN1C(=O)C1CC1. The van der Waals surface area contributed by atoms with Crippen LogP contribution < -0.4 is 11.1 Å². The Kier molecular flexibility index (Phi) is 2.90. The largest absolute Gasteiger partial charge is 0.353 e. The molecule has 0 spiro atoms. The fraction of sp³-hybridized carbons (Fsp3) is 0.800. The average Bonchev–Trinajstić information content (AvgIpc) is 2.99. The lowest BCUT2D eigenvalue weighted by atomic mass is 10.0. The third-order valence-corrected chi connectivity index (χ3v) is 3.07. The van der Waals surface area contributed by atoms with Gasteiger partial charge in [-0.1, -0.05) is 0 Å². The van der Waals surface area contributed by atoms with Gasteiger partial charge in [-0.15, -0.1) is 0 Å². The highest BCUT2D eigenvalue weighted by atomic mass is 16.2. The molecule has 1 aliphatic heterocycles. The Balaban J connectivity index is 1.74. The minimum absolute atomic E-state index is 0.0172. The van der Waals surface area contributed by atoms with E-state index in [0.29, 0.717) is 6.54 Å². The second-order valence-electron chi connectivity index (χ2n) is 4.26. The standard InChI is InChI=1S/C10H17N3O2/c11-5-9(14)12-6-8-3-4-13(8)10(15)7-1-2-7/h7-8H,1-6,11H2,(H,12,14). The highest BCUT2D eigenvalue weighted by Crippen LogP contribution is 2.33. The van der Waals surface area contributed by atoms with E-state index in [9.17, 15) is 9.59 Å². The average molecular weight is 211 g/mol. The van der Waals surface area contributed by atoms with Crippen molar-refractivity contribution in [2.45, 2.75) is 25.3 Å². The van der Waals surface area contributed by atoms with Crippen molar-refractivity contribution in [3.8, 4) is 0 Å². The molecule has 3 N–H and O–H groups in total. The lowest BCUT2D eigenvalue weighted by molar-refractivity contribution is -0.140. The maximum absolute atomic E-state index is 11.7. The van der Waals surface area contributed by atoms with Gasteiger partial charge in [0, 0.05) is 19.0 Å². The molecule has 0 aromatic rings. The van der Waals surface area contributed by atoms with Gasteiger partial charge in [-0.25, -0.2) is 0 Å². The van der Waals surface area contributed by atoms with Crippen LogP contribution in [0.3, 0.4) is 0 Å². The summed E-state index contributed by atoms with van der Waals surface area (Å²) in [6.07, 6.45) is 3.07. The molecule has 1 saturated heterocycles. The molecule has 1 aliphatic carbocycles. The maximum atomic E-state index is 11.7. The van der Waals surface area contributed by atoms with Gasteiger partial charge in [0.2, 0.25) is 11.8 Å². The van der Waals surface area contributed by atoms with Crippen LogP contribution in [0.4, 0.5) is 0 Å². The van der Waals surface area contributed by atoms with E-state index in [0.717, 1.165) is 25.8 Å². The number of nitrogens with one attached hydrogen (secondary N) is 1. The molecular weight excluding hydrogens is 194 g/mol. The number of hydrogen-bond acceptors (Lipinski definition) is 3. The van der Waals surface area contributed by atoms with Crippen LogP contribution in [-0.4, -0.2) is 42.4 Å². The van der Waals surface area contributed by atoms with E-state index in [-0.39, 0.29) is 30.3 Å². The zero-order valence-electron chi connectivity index (χ0n) is 8.74. The van der Waals surface area contributed by atoms with Gasteiger partial charge in [-0.2, -0.15) is 0 Å². The van der Waals surface area contributed by atoms with Crippen molar-refractivity contribution in [3.05, 3.63) is 0 Å². The van der Waals surface area contributed by atoms with Crippen molar-refractivity contribution >= 4 is 11.8 Å². The number of likely N-dealkylation sites (tertiary alicyclic amines) is 1. The molecular formula is C10H17N3O2. The fourth-order valence-corrected chi connectivity index (χ4v) is 1.81. The van der Waals surface area contributed by atoms with Crippen molar-refractivity contribution in [2.24, 2.45) is 11.7 Å². The summed E-state index contributed by atoms with van der Waals surface area (Å²) in [4.78, 5) is 24.5. The molecule has 0 aromatic carbocycles. The minimum atomic E-state index is -0.152. The van der Waals surface area contributed by atoms with E-state index in [1.165, 1.54) is 0 Å². The molecule has 5 nitrogen and oxygen atoms in total. The summed E-state index contributed by atoms with van der Waals surface area (Å²) in [5.74, 6) is 0.395. The smallest absolute Gasteiger partial charge is 0.233 e. The summed E-state index contributed by atoms with van der Waals surface area (Å²) in [6.45, 7) is 1.41. The van der Waals surface area contributed by atoms with Crippen molar-refractivity contribution in [2.75, 3.05) is 19.6 Å². The Morgan fingerprint density at radius 1 is 1.33 bits per heavy atom. The summed E-state index contributed by atoms with van der Waals surface area (Å²) in [5.41, 5.74) is 5.18. The maximum Gasteiger partial charge on any atom is 0.233 e. The van der Waals surface area contributed by atoms with Gasteiger partial charge in [-0.3, -0.25) is 9.59 Å². The number of nitrogens with zero attached hydrogens (tertiary/aromatic N) is 1. The van der Waals surface area contributed by atoms with Crippen molar-refractivity contribution < 1.29 is 9.59 Å². The van der Waals surface area contributed by atoms with Crippen LogP contribution in [0.2, 0.25) is 0 Å². The highest BCUT2D eigenvalue weighted by molar-refractivity contribution is 5.82. The molecule has 0 aromatic heterocycles. The molecule has 1 unspecified atom stereocenters. The van der Waals surface area contributed by atoms with Gasteiger partial charge in [0.15, 0.2) is 0 Å². The number of amides is 2. The molecule has 2 aliphatic rings. The molecule has 2 fully saturated rings. The van der Waals surface area contributed by atoms with Crippen molar-refractivity contribution in [3.63, 3.8) is 0 Å². The molecule has 0 bridgehead atoms. The fourth-order valence-electron chi connectivity index (χ4n) is 1.81. The van der Waals surface area contributed by atoms with Crippen LogP contribution in [-0.2, 0) is 9.59 Å². The van der Waals surface area contributed by atoms with Gasteiger partial charge in [0.25, 0.3) is 0 Å². The second-order valence-corrected chi connectivity index (χ2v) is 4.26. The minimum Gasteiger partial charge on any atom is -0.353 e. The molecule has 1 saturated carbocycles. The first kappa shape index (κ1) is 10.4. The predicted molar refractivity (Wildman–Crippen MR) is 54.9 cm³/mol. The molecule has 1 heterocycles. The molecule has 2 rings (SSSR count). The summed E-state index contributed by atoms with van der Waals surface area (Å²) in [5, 5.41) is 2.72. The first-order valence-electron chi connectivity index (χ1n) is 5.49. The van der Waals surface area contributed by atoms with E-state index in [1.807, 2.05) is 4.90 Å². The van der Waals surface area contributed by atoms with E-state index < -0.39 is 0 Å². The first-order valence-corrected chi connectivity index (χ1v) is 5.49. The van der Waals surface area contributed by atoms with Crippen LogP contribution in [0.5, 0.6) is 0 Å². The number of carbonyl (C=O) groups excluding carboxylic acids is 2. The van der Waals surface area contributed by atoms with Crippen LogP contribution in [0.15, 0.2) is 0 Å². The highest BCUT2D eigenvalue weighted by Gasteiger charge is 2.40. The van der Waals surface area contributed by atoms with E-state index >= 15 is 0 Å². The Morgan fingerprint density at radius 3 is 2.53 bits per heavy atom. The van der Waals surface area contributed by atoms with Gasteiger partial charge in [-0.05, 0) is 19.3 Å². The molecule has 5 heteroatoms. The van der Waals surface area contributed by atoms with E-state index in [2.05, 4.69) is 5.32 Å². The van der Waals surface area contributed by atoms with E-state index in [4.69, 9.17) is 5.73 Å². The monoisotopic (exact) mass is 211 g/mol.